The van der Waals surface area contributed by atoms with Crippen LogP contribution in [0.5, 0.6) is 0 Å². The number of carboxylic acid groups (broad SMARTS) is 1. The summed E-state index contributed by atoms with van der Waals surface area (Å²) in [6.45, 7) is 3.71. The summed E-state index contributed by atoms with van der Waals surface area (Å²) in [6, 6.07) is 3.26. The maximum atomic E-state index is 10.9. The maximum Gasteiger partial charge on any atom is 0.317 e. The number of hydrogen-bond donors (Lipinski definition) is 1. The van der Waals surface area contributed by atoms with Crippen LogP contribution in [-0.2, 0) is 4.79 Å². The molecule has 1 aromatic rings. The van der Waals surface area contributed by atoms with Crippen LogP contribution >= 0.6 is 23.4 Å². The number of hydrogen-bond acceptors (Lipinski definition) is 4. The first kappa shape index (κ1) is 12.3. The Kier molecular flexibility index (Phi) is 4.35. The van der Waals surface area contributed by atoms with Crippen LogP contribution in [0.3, 0.4) is 0 Å². The Morgan fingerprint density at radius 2 is 2.13 bits per heavy atom. The van der Waals surface area contributed by atoms with Gasteiger partial charge in [0.25, 0.3) is 0 Å². The van der Waals surface area contributed by atoms with Crippen molar-refractivity contribution in [2.75, 3.05) is 0 Å². The first-order chi connectivity index (χ1) is 7.00. The highest BCUT2D eigenvalue weighted by molar-refractivity contribution is 8.00. The standard InChI is InChI=1S/C9H11ClN2O2S/c1-5(2)8(9(13)14)15-7-4-3-6(10)11-12-7/h3-5,8H,1-2H3,(H,13,14). The van der Waals surface area contributed by atoms with E-state index in [1.165, 1.54) is 11.8 Å². The lowest BCUT2D eigenvalue weighted by atomic mass is 10.1. The van der Waals surface area contributed by atoms with Crippen molar-refractivity contribution in [2.24, 2.45) is 5.92 Å². The van der Waals surface area contributed by atoms with Gasteiger partial charge in [-0.3, -0.25) is 4.79 Å². The minimum absolute atomic E-state index is 0.0324. The lowest BCUT2D eigenvalue weighted by Crippen LogP contribution is -2.22. The Morgan fingerprint density at radius 3 is 2.53 bits per heavy atom. The molecule has 0 aromatic carbocycles. The average Bonchev–Trinajstić information content (AvgIpc) is 2.15. The number of aliphatic carboxylic acids is 1. The first-order valence-corrected chi connectivity index (χ1v) is 5.65. The van der Waals surface area contributed by atoms with Crippen LogP contribution in [0.1, 0.15) is 13.8 Å². The summed E-state index contributed by atoms with van der Waals surface area (Å²) in [5.74, 6) is -0.809. The molecule has 0 saturated carbocycles. The minimum Gasteiger partial charge on any atom is -0.480 e. The Labute approximate surface area is 97.0 Å². The van der Waals surface area contributed by atoms with Gasteiger partial charge in [-0.1, -0.05) is 37.2 Å². The minimum atomic E-state index is -0.841. The van der Waals surface area contributed by atoms with Crippen molar-refractivity contribution in [3.05, 3.63) is 17.3 Å². The molecule has 0 spiro atoms. The second-order valence-electron chi connectivity index (χ2n) is 3.32. The van der Waals surface area contributed by atoms with Crippen LogP contribution in [-0.4, -0.2) is 26.5 Å². The Hall–Kier alpha value is -0.810. The number of aromatic nitrogens is 2. The van der Waals surface area contributed by atoms with Gasteiger partial charge in [0.15, 0.2) is 5.15 Å². The van der Waals surface area contributed by atoms with Crippen molar-refractivity contribution >= 4 is 29.3 Å². The van der Waals surface area contributed by atoms with Gasteiger partial charge in [-0.25, -0.2) is 0 Å². The van der Waals surface area contributed by atoms with Gasteiger partial charge < -0.3 is 5.11 Å². The normalized spacial score (nSPS) is 12.8. The van der Waals surface area contributed by atoms with Crippen molar-refractivity contribution in [1.29, 1.82) is 0 Å². The molecule has 0 radical (unpaired) electrons. The molecule has 6 heteroatoms. The van der Waals surface area contributed by atoms with E-state index in [-0.39, 0.29) is 5.92 Å². The zero-order valence-corrected chi connectivity index (χ0v) is 9.92. The largest absolute Gasteiger partial charge is 0.480 e. The molecule has 0 aliphatic rings. The molecule has 1 rings (SSSR count). The van der Waals surface area contributed by atoms with E-state index in [2.05, 4.69) is 10.2 Å². The molecule has 15 heavy (non-hydrogen) atoms. The highest BCUT2D eigenvalue weighted by atomic mass is 35.5. The molecule has 0 aliphatic carbocycles. The molecule has 1 atom stereocenters. The summed E-state index contributed by atoms with van der Waals surface area (Å²) >= 11 is 6.76. The molecule has 1 N–H and O–H groups in total. The molecule has 0 bridgehead atoms. The van der Waals surface area contributed by atoms with Gasteiger partial charge >= 0.3 is 5.97 Å². The average molecular weight is 247 g/mol. The summed E-state index contributed by atoms with van der Waals surface area (Å²) in [7, 11) is 0. The molecule has 0 aliphatic heterocycles. The third kappa shape index (κ3) is 3.68. The number of carbonyl (C=O) groups is 1. The second-order valence-corrected chi connectivity index (χ2v) is 4.86. The summed E-state index contributed by atoms with van der Waals surface area (Å²) in [5.41, 5.74) is 0. The van der Waals surface area contributed by atoms with E-state index in [0.29, 0.717) is 10.2 Å². The van der Waals surface area contributed by atoms with E-state index in [1.807, 2.05) is 13.8 Å². The molecule has 0 fully saturated rings. The zero-order chi connectivity index (χ0) is 11.4. The van der Waals surface area contributed by atoms with Crippen LogP contribution in [0.25, 0.3) is 0 Å². The Balaban J connectivity index is 2.74. The first-order valence-electron chi connectivity index (χ1n) is 4.39. The summed E-state index contributed by atoms with van der Waals surface area (Å²) in [6.07, 6.45) is 0. The fraction of sp³-hybridized carbons (Fsp3) is 0.444. The Bertz CT molecular complexity index is 342. The number of halogens is 1. The lowest BCUT2D eigenvalue weighted by Gasteiger charge is -2.14. The second kappa shape index (κ2) is 5.32. The lowest BCUT2D eigenvalue weighted by molar-refractivity contribution is -0.137. The summed E-state index contributed by atoms with van der Waals surface area (Å²) in [5, 5.41) is 16.8. The van der Waals surface area contributed by atoms with Gasteiger partial charge in [-0.15, -0.1) is 10.2 Å². The number of nitrogens with zero attached hydrogens (tertiary/aromatic N) is 2. The smallest absolute Gasteiger partial charge is 0.317 e. The molecule has 4 nitrogen and oxygen atoms in total. The van der Waals surface area contributed by atoms with Gasteiger partial charge in [-0.05, 0) is 18.1 Å². The van der Waals surface area contributed by atoms with Crippen LogP contribution in [0, 0.1) is 5.92 Å². The van der Waals surface area contributed by atoms with Gasteiger partial charge in [0.05, 0.1) is 0 Å². The van der Waals surface area contributed by atoms with Gasteiger partial charge in [0.2, 0.25) is 0 Å². The van der Waals surface area contributed by atoms with E-state index < -0.39 is 11.2 Å². The molecule has 1 heterocycles. The SMILES string of the molecule is CC(C)C(Sc1ccc(Cl)nn1)C(=O)O. The number of thioether (sulfide) groups is 1. The van der Waals surface area contributed by atoms with Crippen molar-refractivity contribution in [3.63, 3.8) is 0 Å². The van der Waals surface area contributed by atoms with E-state index in [4.69, 9.17) is 16.7 Å². The molecular weight excluding hydrogens is 236 g/mol. The van der Waals surface area contributed by atoms with Crippen molar-refractivity contribution < 1.29 is 9.90 Å². The van der Waals surface area contributed by atoms with E-state index in [0.717, 1.165) is 0 Å². The monoisotopic (exact) mass is 246 g/mol. The van der Waals surface area contributed by atoms with Crippen LogP contribution in [0.2, 0.25) is 5.15 Å². The van der Waals surface area contributed by atoms with Crippen LogP contribution in [0.15, 0.2) is 17.2 Å². The maximum absolute atomic E-state index is 10.9. The van der Waals surface area contributed by atoms with Gasteiger partial charge in [0.1, 0.15) is 10.3 Å². The van der Waals surface area contributed by atoms with Crippen LogP contribution in [0.4, 0.5) is 0 Å². The van der Waals surface area contributed by atoms with Crippen molar-refractivity contribution in [3.8, 4) is 0 Å². The third-order valence-electron chi connectivity index (χ3n) is 1.70. The van der Waals surface area contributed by atoms with Crippen LogP contribution < -0.4 is 0 Å². The van der Waals surface area contributed by atoms with Gasteiger partial charge in [-0.2, -0.15) is 0 Å². The van der Waals surface area contributed by atoms with Crippen molar-refractivity contribution in [2.45, 2.75) is 24.1 Å². The third-order valence-corrected chi connectivity index (χ3v) is 3.36. The molecule has 0 amide bonds. The molecule has 82 valence electrons. The zero-order valence-electron chi connectivity index (χ0n) is 8.35. The number of rotatable bonds is 4. The predicted octanol–water partition coefficient (Wildman–Crippen LogP) is 2.33. The number of carboxylic acids is 1. The van der Waals surface area contributed by atoms with E-state index >= 15 is 0 Å². The highest BCUT2D eigenvalue weighted by Crippen LogP contribution is 2.26. The van der Waals surface area contributed by atoms with E-state index in [9.17, 15) is 4.79 Å². The summed E-state index contributed by atoms with van der Waals surface area (Å²) in [4.78, 5) is 10.9. The highest BCUT2D eigenvalue weighted by Gasteiger charge is 2.23. The fourth-order valence-electron chi connectivity index (χ4n) is 0.968. The Morgan fingerprint density at radius 1 is 1.47 bits per heavy atom. The quantitative estimate of drug-likeness (QED) is 0.827. The van der Waals surface area contributed by atoms with E-state index in [1.54, 1.807) is 12.1 Å². The molecule has 1 aromatic heterocycles. The molecule has 0 saturated heterocycles. The fourth-order valence-corrected chi connectivity index (χ4v) is 1.94. The predicted molar refractivity (Wildman–Crippen MR) is 59.2 cm³/mol. The van der Waals surface area contributed by atoms with Gasteiger partial charge in [0, 0.05) is 0 Å². The topological polar surface area (TPSA) is 63.1 Å². The van der Waals surface area contributed by atoms with Crippen molar-refractivity contribution in [1.82, 2.24) is 10.2 Å². The summed E-state index contributed by atoms with van der Waals surface area (Å²) < 4.78 is 0. The molecule has 1 unspecified atom stereocenters. The molecular formula is C9H11ClN2O2S.